The van der Waals surface area contributed by atoms with E-state index < -0.39 is 11.9 Å². The Hall–Kier alpha value is -2.29. The van der Waals surface area contributed by atoms with Crippen LogP contribution in [0.4, 0.5) is 5.69 Å². The molecule has 0 bridgehead atoms. The van der Waals surface area contributed by atoms with E-state index >= 15 is 0 Å². The standard InChI is InChI=1S/C17H19NO2/c1-2-12-18-15-10-8-14(9-11-15)16(17(19)20)13-6-4-3-5-7-13/h3-11,16,18H,2,12H2,1H3,(H,19,20). The molecule has 104 valence electrons. The molecule has 0 spiro atoms. The van der Waals surface area contributed by atoms with Crippen LogP contribution < -0.4 is 5.32 Å². The second-order valence-corrected chi connectivity index (χ2v) is 4.73. The van der Waals surface area contributed by atoms with E-state index in [1.54, 1.807) is 0 Å². The van der Waals surface area contributed by atoms with E-state index in [0.717, 1.165) is 29.8 Å². The van der Waals surface area contributed by atoms with Crippen molar-refractivity contribution in [3.8, 4) is 0 Å². The highest BCUT2D eigenvalue weighted by atomic mass is 16.4. The van der Waals surface area contributed by atoms with Gasteiger partial charge >= 0.3 is 5.97 Å². The van der Waals surface area contributed by atoms with Crippen molar-refractivity contribution in [3.05, 3.63) is 65.7 Å². The smallest absolute Gasteiger partial charge is 0.315 e. The van der Waals surface area contributed by atoms with Gasteiger partial charge in [-0.1, -0.05) is 49.4 Å². The van der Waals surface area contributed by atoms with Crippen LogP contribution in [0.3, 0.4) is 0 Å². The molecular weight excluding hydrogens is 250 g/mol. The molecule has 0 radical (unpaired) electrons. The molecule has 0 amide bonds. The Kier molecular flexibility index (Phi) is 4.77. The Bertz CT molecular complexity index is 549. The number of carbonyl (C=O) groups is 1. The fourth-order valence-electron chi connectivity index (χ4n) is 2.19. The zero-order valence-corrected chi connectivity index (χ0v) is 11.5. The minimum Gasteiger partial charge on any atom is -0.481 e. The van der Waals surface area contributed by atoms with Gasteiger partial charge in [0.1, 0.15) is 5.92 Å². The molecule has 0 saturated heterocycles. The van der Waals surface area contributed by atoms with Crippen LogP contribution in [0.2, 0.25) is 0 Å². The third-order valence-corrected chi connectivity index (χ3v) is 3.20. The first kappa shape index (κ1) is 14.1. The second kappa shape index (κ2) is 6.75. The van der Waals surface area contributed by atoms with Crippen molar-refractivity contribution in [2.24, 2.45) is 0 Å². The molecule has 0 fully saturated rings. The maximum Gasteiger partial charge on any atom is 0.315 e. The largest absolute Gasteiger partial charge is 0.481 e. The summed E-state index contributed by atoms with van der Waals surface area (Å²) in [5, 5.41) is 12.8. The van der Waals surface area contributed by atoms with E-state index in [1.807, 2.05) is 54.6 Å². The van der Waals surface area contributed by atoms with Gasteiger partial charge in [-0.05, 0) is 29.7 Å². The highest BCUT2D eigenvalue weighted by Gasteiger charge is 2.21. The lowest BCUT2D eigenvalue weighted by molar-refractivity contribution is -0.137. The predicted molar refractivity (Wildman–Crippen MR) is 81.1 cm³/mol. The summed E-state index contributed by atoms with van der Waals surface area (Å²) >= 11 is 0. The van der Waals surface area contributed by atoms with E-state index in [4.69, 9.17) is 0 Å². The third kappa shape index (κ3) is 3.38. The number of benzene rings is 2. The van der Waals surface area contributed by atoms with Crippen molar-refractivity contribution in [2.75, 3.05) is 11.9 Å². The van der Waals surface area contributed by atoms with Crippen molar-refractivity contribution in [1.82, 2.24) is 0 Å². The molecule has 3 heteroatoms. The van der Waals surface area contributed by atoms with Crippen LogP contribution in [0, 0.1) is 0 Å². The summed E-state index contributed by atoms with van der Waals surface area (Å²) in [5.41, 5.74) is 2.62. The van der Waals surface area contributed by atoms with Crippen LogP contribution in [-0.2, 0) is 4.79 Å². The molecule has 0 aliphatic heterocycles. The van der Waals surface area contributed by atoms with Crippen LogP contribution in [0.15, 0.2) is 54.6 Å². The SMILES string of the molecule is CCCNc1ccc(C(C(=O)O)c2ccccc2)cc1. The van der Waals surface area contributed by atoms with Crippen LogP contribution >= 0.6 is 0 Å². The average molecular weight is 269 g/mol. The first-order valence-electron chi connectivity index (χ1n) is 6.84. The van der Waals surface area contributed by atoms with Crippen LogP contribution in [0.5, 0.6) is 0 Å². The summed E-state index contributed by atoms with van der Waals surface area (Å²) < 4.78 is 0. The monoisotopic (exact) mass is 269 g/mol. The molecule has 2 rings (SSSR count). The molecule has 2 N–H and O–H groups in total. The second-order valence-electron chi connectivity index (χ2n) is 4.73. The quantitative estimate of drug-likeness (QED) is 0.840. The van der Waals surface area contributed by atoms with E-state index in [1.165, 1.54) is 0 Å². The van der Waals surface area contributed by atoms with E-state index in [2.05, 4.69) is 12.2 Å². The number of carboxylic acid groups (broad SMARTS) is 1. The Labute approximate surface area is 119 Å². The van der Waals surface area contributed by atoms with Crippen LogP contribution in [0.1, 0.15) is 30.4 Å². The predicted octanol–water partition coefficient (Wildman–Crippen LogP) is 3.73. The highest BCUT2D eigenvalue weighted by Crippen LogP contribution is 2.26. The molecule has 0 aromatic heterocycles. The number of rotatable bonds is 6. The van der Waals surface area contributed by atoms with Gasteiger partial charge < -0.3 is 10.4 Å². The highest BCUT2D eigenvalue weighted by molar-refractivity contribution is 5.80. The number of hydrogen-bond acceptors (Lipinski definition) is 2. The molecule has 0 heterocycles. The molecule has 0 saturated carbocycles. The van der Waals surface area contributed by atoms with Crippen molar-refractivity contribution >= 4 is 11.7 Å². The van der Waals surface area contributed by atoms with E-state index in [9.17, 15) is 9.90 Å². The van der Waals surface area contributed by atoms with E-state index in [0.29, 0.717) is 0 Å². The molecule has 0 aliphatic carbocycles. The summed E-state index contributed by atoms with van der Waals surface area (Å²) in [6.07, 6.45) is 1.06. The summed E-state index contributed by atoms with van der Waals surface area (Å²) in [4.78, 5) is 11.5. The van der Waals surface area contributed by atoms with Crippen molar-refractivity contribution in [1.29, 1.82) is 0 Å². The maximum atomic E-state index is 11.5. The number of nitrogens with one attached hydrogen (secondary N) is 1. The lowest BCUT2D eigenvalue weighted by Crippen LogP contribution is -2.13. The van der Waals surface area contributed by atoms with Gasteiger partial charge in [0.2, 0.25) is 0 Å². The van der Waals surface area contributed by atoms with E-state index in [-0.39, 0.29) is 0 Å². The molecule has 0 aliphatic rings. The Morgan fingerprint density at radius 2 is 1.65 bits per heavy atom. The Morgan fingerprint density at radius 1 is 1.05 bits per heavy atom. The Morgan fingerprint density at radius 3 is 2.20 bits per heavy atom. The molecule has 2 aromatic carbocycles. The van der Waals surface area contributed by atoms with Crippen LogP contribution in [-0.4, -0.2) is 17.6 Å². The van der Waals surface area contributed by atoms with Gasteiger partial charge in [-0.15, -0.1) is 0 Å². The summed E-state index contributed by atoms with van der Waals surface area (Å²) in [6.45, 7) is 3.03. The minimum atomic E-state index is -0.828. The number of anilines is 1. The molecule has 1 unspecified atom stereocenters. The van der Waals surface area contributed by atoms with Crippen molar-refractivity contribution < 1.29 is 9.90 Å². The number of aliphatic carboxylic acids is 1. The maximum absolute atomic E-state index is 11.5. The fraction of sp³-hybridized carbons (Fsp3) is 0.235. The number of carboxylic acids is 1. The van der Waals surface area contributed by atoms with Gasteiger partial charge in [-0.2, -0.15) is 0 Å². The van der Waals surface area contributed by atoms with Crippen LogP contribution in [0.25, 0.3) is 0 Å². The molecule has 2 aromatic rings. The first-order chi connectivity index (χ1) is 9.72. The van der Waals surface area contributed by atoms with Gasteiger partial charge in [0.15, 0.2) is 0 Å². The van der Waals surface area contributed by atoms with Gasteiger partial charge in [0.05, 0.1) is 0 Å². The topological polar surface area (TPSA) is 49.3 Å². The zero-order valence-electron chi connectivity index (χ0n) is 11.5. The van der Waals surface area contributed by atoms with Gasteiger partial charge in [-0.25, -0.2) is 0 Å². The van der Waals surface area contributed by atoms with Gasteiger partial charge in [0.25, 0.3) is 0 Å². The summed E-state index contributed by atoms with van der Waals surface area (Å²) in [6, 6.07) is 16.9. The molecular formula is C17H19NO2. The number of hydrogen-bond donors (Lipinski definition) is 2. The third-order valence-electron chi connectivity index (χ3n) is 3.20. The first-order valence-corrected chi connectivity index (χ1v) is 6.84. The van der Waals surface area contributed by atoms with Crippen molar-refractivity contribution in [2.45, 2.75) is 19.3 Å². The lowest BCUT2D eigenvalue weighted by Gasteiger charge is -2.14. The summed E-state index contributed by atoms with van der Waals surface area (Å²) in [5.74, 6) is -1.44. The summed E-state index contributed by atoms with van der Waals surface area (Å²) in [7, 11) is 0. The zero-order chi connectivity index (χ0) is 14.4. The lowest BCUT2D eigenvalue weighted by atomic mass is 9.91. The fourth-order valence-corrected chi connectivity index (χ4v) is 2.19. The molecule has 1 atom stereocenters. The van der Waals surface area contributed by atoms with Gasteiger partial charge in [-0.3, -0.25) is 4.79 Å². The normalized spacial score (nSPS) is 11.8. The molecule has 20 heavy (non-hydrogen) atoms. The van der Waals surface area contributed by atoms with Crippen molar-refractivity contribution in [3.63, 3.8) is 0 Å². The molecule has 3 nitrogen and oxygen atoms in total. The average Bonchev–Trinajstić information content (AvgIpc) is 2.47. The minimum absolute atomic E-state index is 0.614. The van der Waals surface area contributed by atoms with Gasteiger partial charge in [0, 0.05) is 12.2 Å². The Balaban J connectivity index is 2.24.